The predicted molar refractivity (Wildman–Crippen MR) is 23.4 cm³/mol. The SMILES string of the molecule is P[Se].[Ca+2].[Fe].[H-].[H-].[Zn]. The van der Waals surface area contributed by atoms with Crippen LogP contribution in [0.1, 0.15) is 2.85 Å². The van der Waals surface area contributed by atoms with Crippen LogP contribution in [0.4, 0.5) is 0 Å². The molecule has 0 saturated heterocycles. The molecule has 0 amide bonds. The van der Waals surface area contributed by atoms with Crippen LogP contribution in [0.5, 0.6) is 0 Å². The van der Waals surface area contributed by atoms with E-state index < -0.39 is 0 Å². The Labute approximate surface area is 98.8 Å². The summed E-state index contributed by atoms with van der Waals surface area (Å²) in [5.74, 6) is 0. The molecule has 5 heteroatoms. The van der Waals surface area contributed by atoms with Crippen LogP contribution in [0.25, 0.3) is 0 Å². The summed E-state index contributed by atoms with van der Waals surface area (Å²) in [6.45, 7) is 0. The Morgan fingerprint density at radius 3 is 1.40 bits per heavy atom. The Balaban J connectivity index is -0.000000000500. The van der Waals surface area contributed by atoms with Crippen molar-refractivity contribution in [1.29, 1.82) is 0 Å². The number of rotatable bonds is 0. The molecule has 0 aliphatic carbocycles. The summed E-state index contributed by atoms with van der Waals surface area (Å²) >= 11 is 2.54. The van der Waals surface area contributed by atoms with Crippen molar-refractivity contribution in [3.05, 3.63) is 0 Å². The zero-order valence-electron chi connectivity index (χ0n) is 4.75. The zero-order valence-corrected chi connectivity index (χ0v) is 11.9. The van der Waals surface area contributed by atoms with Crippen LogP contribution < -0.4 is 0 Å². The molecule has 0 fully saturated rings. The van der Waals surface area contributed by atoms with Gasteiger partial charge in [-0.25, -0.2) is 0 Å². The van der Waals surface area contributed by atoms with Crippen molar-refractivity contribution in [2.75, 3.05) is 0 Å². The Morgan fingerprint density at radius 2 is 1.40 bits per heavy atom. The van der Waals surface area contributed by atoms with E-state index in [-0.39, 0.29) is 77.1 Å². The van der Waals surface area contributed by atoms with Crippen molar-refractivity contribution >= 4 is 61.2 Å². The van der Waals surface area contributed by atoms with Crippen LogP contribution in [0, 0.1) is 0 Å². The van der Waals surface area contributed by atoms with Gasteiger partial charge in [0.25, 0.3) is 0 Å². The second-order valence-electron chi connectivity index (χ2n) is 0. The molecular weight excluding hydrogens is 271 g/mol. The molecule has 0 bridgehead atoms. The molecule has 0 N–H and O–H groups in total. The molecule has 0 nitrogen and oxygen atoms in total. The summed E-state index contributed by atoms with van der Waals surface area (Å²) in [6.07, 6.45) is 0. The van der Waals surface area contributed by atoms with Crippen molar-refractivity contribution in [2.24, 2.45) is 0 Å². The van der Waals surface area contributed by atoms with Gasteiger partial charge < -0.3 is 2.85 Å². The van der Waals surface area contributed by atoms with E-state index >= 15 is 0 Å². The molecule has 0 rings (SSSR count). The minimum Gasteiger partial charge on any atom is -1.00 e. The standard InChI is InChI=1S/Ca.Fe.H2PSe.Zn.2H/c;;1-2;;;/h;;1H2;;;/q+2;;;;2*-1. The van der Waals surface area contributed by atoms with Gasteiger partial charge in [0.2, 0.25) is 0 Å². The molecule has 0 spiro atoms. The van der Waals surface area contributed by atoms with Gasteiger partial charge in [0, 0.05) is 36.5 Å². The van der Waals surface area contributed by atoms with E-state index in [4.69, 9.17) is 0 Å². The van der Waals surface area contributed by atoms with E-state index in [1.165, 1.54) is 0 Å². The van der Waals surface area contributed by atoms with E-state index in [1.54, 1.807) is 0 Å². The largest absolute Gasteiger partial charge is 2.00 e. The minimum atomic E-state index is 0. The molecule has 0 aromatic heterocycles. The fraction of sp³-hybridized carbons (Fsp3) is 0. The first-order valence-electron chi connectivity index (χ1n) is 0.236. The van der Waals surface area contributed by atoms with E-state index in [9.17, 15) is 0 Å². The van der Waals surface area contributed by atoms with Crippen LogP contribution in [0.2, 0.25) is 0 Å². The summed E-state index contributed by atoms with van der Waals surface area (Å²) < 4.78 is 0. The second-order valence-corrected chi connectivity index (χ2v) is 0. The minimum absolute atomic E-state index is 0. The number of hydrogen-bond donors (Lipinski definition) is 0. The molecule has 0 aliphatic heterocycles. The molecular formula is H4CaFePSeZn. The second kappa shape index (κ2) is 26.4. The van der Waals surface area contributed by atoms with Crippen molar-refractivity contribution in [3.8, 4) is 0 Å². The van der Waals surface area contributed by atoms with Gasteiger partial charge in [-0.05, 0) is 0 Å². The van der Waals surface area contributed by atoms with Gasteiger partial charge >= 0.3 is 61.2 Å². The van der Waals surface area contributed by atoms with E-state index in [0.29, 0.717) is 0 Å². The van der Waals surface area contributed by atoms with Crippen LogP contribution in [-0.2, 0) is 36.5 Å². The smallest absolute Gasteiger partial charge is 1.00 e. The molecule has 1 radical (unpaired) electrons. The summed E-state index contributed by atoms with van der Waals surface area (Å²) in [6, 6.07) is 0. The predicted octanol–water partition coefficient (Wildman–Crippen LogP) is -0.216. The van der Waals surface area contributed by atoms with Crippen LogP contribution >= 0.6 is 7.93 Å². The first-order chi connectivity index (χ1) is 1.00. The van der Waals surface area contributed by atoms with Gasteiger partial charge in [-0.2, -0.15) is 0 Å². The first kappa shape index (κ1) is 23.8. The van der Waals surface area contributed by atoms with Crippen molar-refractivity contribution in [1.82, 2.24) is 0 Å². The maximum absolute atomic E-state index is 2.54. The third-order valence-electron chi connectivity index (χ3n) is 0. The Hall–Kier alpha value is 3.35. The fourth-order valence-corrected chi connectivity index (χ4v) is 0. The molecule has 5 heavy (non-hydrogen) atoms. The maximum atomic E-state index is 2.54. The third kappa shape index (κ3) is 18.7. The molecule has 0 aromatic carbocycles. The average molecular weight is 275 g/mol. The van der Waals surface area contributed by atoms with Crippen molar-refractivity contribution in [3.63, 3.8) is 0 Å². The molecule has 0 heterocycles. The molecule has 1 unspecified atom stereocenters. The normalized spacial score (nSPS) is 1.20. The molecule has 0 aliphatic rings. The van der Waals surface area contributed by atoms with E-state index in [1.807, 2.05) is 0 Å². The van der Waals surface area contributed by atoms with E-state index in [0.717, 1.165) is 0 Å². The Morgan fingerprint density at radius 1 is 1.40 bits per heavy atom. The van der Waals surface area contributed by atoms with Crippen LogP contribution in [0.3, 0.4) is 0 Å². The number of hydrogen-bond acceptors (Lipinski definition) is 0. The molecule has 0 aromatic rings. The summed E-state index contributed by atoms with van der Waals surface area (Å²) in [7, 11) is 2.29. The fourth-order valence-electron chi connectivity index (χ4n) is 0. The molecule has 1 atom stereocenters. The quantitative estimate of drug-likeness (QED) is 0.424. The van der Waals surface area contributed by atoms with Gasteiger partial charge in [0.1, 0.15) is 0 Å². The van der Waals surface area contributed by atoms with Gasteiger partial charge in [0.05, 0.1) is 0 Å². The summed E-state index contributed by atoms with van der Waals surface area (Å²) in [4.78, 5) is 0. The maximum Gasteiger partial charge on any atom is 2.00 e. The van der Waals surface area contributed by atoms with E-state index in [2.05, 4.69) is 23.5 Å². The molecule has 0 saturated carbocycles. The van der Waals surface area contributed by atoms with Crippen LogP contribution in [-0.4, -0.2) is 53.3 Å². The van der Waals surface area contributed by atoms with Gasteiger partial charge in [0.15, 0.2) is 0 Å². The third-order valence-corrected chi connectivity index (χ3v) is 0. The first-order valence-corrected chi connectivity index (χ1v) is 3.67. The zero-order chi connectivity index (χ0) is 2.00. The Kier molecular flexibility index (Phi) is 126. The molecule has 27 valence electrons. The van der Waals surface area contributed by atoms with Crippen molar-refractivity contribution < 1.29 is 39.4 Å². The van der Waals surface area contributed by atoms with Gasteiger partial charge in [-0.3, -0.25) is 0 Å². The summed E-state index contributed by atoms with van der Waals surface area (Å²) in [5, 5.41) is 0. The van der Waals surface area contributed by atoms with Gasteiger partial charge in [-0.1, -0.05) is 0 Å². The average Bonchev–Trinajstić information content (AvgIpc) is 1.00. The van der Waals surface area contributed by atoms with Gasteiger partial charge in [-0.15, -0.1) is 0 Å². The monoisotopic (exact) mass is 275 g/mol. The van der Waals surface area contributed by atoms with Crippen LogP contribution in [0.15, 0.2) is 0 Å². The van der Waals surface area contributed by atoms with Crippen molar-refractivity contribution in [2.45, 2.75) is 0 Å². The summed E-state index contributed by atoms with van der Waals surface area (Å²) in [5.41, 5.74) is 0. The topological polar surface area (TPSA) is 0 Å². The Bertz CT molecular complexity index is 17.7.